The third-order valence-electron chi connectivity index (χ3n) is 3.43. The lowest BCUT2D eigenvalue weighted by Gasteiger charge is -2.09. The topological polar surface area (TPSA) is 60.5 Å². The molecule has 1 aromatic heterocycles. The van der Waals surface area contributed by atoms with Crippen LogP contribution in [0.25, 0.3) is 22.4 Å². The first-order valence-corrected chi connectivity index (χ1v) is 6.78. The van der Waals surface area contributed by atoms with Gasteiger partial charge in [-0.15, -0.1) is 0 Å². The summed E-state index contributed by atoms with van der Waals surface area (Å²) < 4.78 is 0. The third kappa shape index (κ3) is 2.44. The molecule has 1 heterocycles. The highest BCUT2D eigenvalue weighted by molar-refractivity contribution is 5.81. The summed E-state index contributed by atoms with van der Waals surface area (Å²) in [6, 6.07) is 23.2. The zero-order valence-electron chi connectivity index (χ0n) is 11.7. The molecule has 0 aliphatic rings. The molecule has 3 heteroatoms. The van der Waals surface area contributed by atoms with E-state index in [1.165, 1.54) is 0 Å². The summed E-state index contributed by atoms with van der Waals surface area (Å²) in [4.78, 5) is 4.46. The minimum Gasteiger partial charge on any atom is -0.256 e. The maximum atomic E-state index is 9.19. The molecule has 0 radical (unpaired) electrons. The normalized spacial score (nSPS) is 9.73. The average molecular weight is 281 g/mol. The highest BCUT2D eigenvalue weighted by Crippen LogP contribution is 2.30. The van der Waals surface area contributed by atoms with E-state index in [1.54, 1.807) is 18.3 Å². The van der Waals surface area contributed by atoms with Gasteiger partial charge in [0.15, 0.2) is 0 Å². The van der Waals surface area contributed by atoms with E-state index in [0.717, 1.165) is 22.4 Å². The lowest BCUT2D eigenvalue weighted by molar-refractivity contribution is 1.32. The van der Waals surface area contributed by atoms with Gasteiger partial charge in [-0.05, 0) is 23.8 Å². The van der Waals surface area contributed by atoms with Gasteiger partial charge in [-0.25, -0.2) is 0 Å². The molecular weight excluding hydrogens is 270 g/mol. The summed E-state index contributed by atoms with van der Waals surface area (Å²) in [6.45, 7) is 0. The summed E-state index contributed by atoms with van der Waals surface area (Å²) in [5, 5.41) is 18.2. The standard InChI is InChI=1S/C19H11N3/c20-12-16-9-8-15(11-17(16)13-21)19-18(7-4-10-22-19)14-5-2-1-3-6-14/h1-11H. The van der Waals surface area contributed by atoms with Gasteiger partial charge in [-0.2, -0.15) is 10.5 Å². The number of aromatic nitrogens is 1. The highest BCUT2D eigenvalue weighted by atomic mass is 14.7. The molecule has 0 fully saturated rings. The summed E-state index contributed by atoms with van der Waals surface area (Å²) in [7, 11) is 0. The molecule has 3 nitrogen and oxygen atoms in total. The minimum absolute atomic E-state index is 0.365. The van der Waals surface area contributed by atoms with E-state index < -0.39 is 0 Å². The van der Waals surface area contributed by atoms with Crippen molar-refractivity contribution in [2.45, 2.75) is 0 Å². The second kappa shape index (κ2) is 5.91. The van der Waals surface area contributed by atoms with Crippen LogP contribution in [-0.4, -0.2) is 4.98 Å². The summed E-state index contributed by atoms with van der Waals surface area (Å²) in [5.41, 5.74) is 4.43. The molecule has 0 saturated carbocycles. The fourth-order valence-corrected chi connectivity index (χ4v) is 2.37. The van der Waals surface area contributed by atoms with Gasteiger partial charge >= 0.3 is 0 Å². The van der Waals surface area contributed by atoms with Gasteiger partial charge in [0.05, 0.1) is 16.8 Å². The second-order valence-corrected chi connectivity index (χ2v) is 4.75. The zero-order chi connectivity index (χ0) is 15.4. The largest absolute Gasteiger partial charge is 0.256 e. The first-order chi connectivity index (χ1) is 10.8. The molecule has 22 heavy (non-hydrogen) atoms. The quantitative estimate of drug-likeness (QED) is 0.708. The van der Waals surface area contributed by atoms with Crippen LogP contribution in [0.2, 0.25) is 0 Å². The first kappa shape index (κ1) is 13.5. The van der Waals surface area contributed by atoms with Gasteiger partial charge < -0.3 is 0 Å². The van der Waals surface area contributed by atoms with Crippen molar-refractivity contribution in [3.8, 4) is 34.5 Å². The van der Waals surface area contributed by atoms with Crippen molar-refractivity contribution in [3.63, 3.8) is 0 Å². The highest BCUT2D eigenvalue weighted by Gasteiger charge is 2.10. The van der Waals surface area contributed by atoms with Gasteiger partial charge in [0, 0.05) is 17.3 Å². The molecule has 3 aromatic rings. The third-order valence-corrected chi connectivity index (χ3v) is 3.43. The fraction of sp³-hybridized carbons (Fsp3) is 0. The molecule has 0 aliphatic carbocycles. The number of pyridine rings is 1. The van der Waals surface area contributed by atoms with E-state index in [2.05, 4.69) is 11.1 Å². The van der Waals surface area contributed by atoms with Crippen LogP contribution in [0.3, 0.4) is 0 Å². The van der Waals surface area contributed by atoms with Crippen LogP contribution >= 0.6 is 0 Å². The van der Waals surface area contributed by atoms with Gasteiger partial charge in [0.2, 0.25) is 0 Å². The molecule has 0 unspecified atom stereocenters. The fourth-order valence-electron chi connectivity index (χ4n) is 2.37. The van der Waals surface area contributed by atoms with E-state index in [4.69, 9.17) is 5.26 Å². The molecule has 0 bridgehead atoms. The predicted molar refractivity (Wildman–Crippen MR) is 84.5 cm³/mol. The molecule has 102 valence electrons. The number of nitrogens with zero attached hydrogens (tertiary/aromatic N) is 3. The molecule has 0 saturated heterocycles. The number of hydrogen-bond acceptors (Lipinski definition) is 3. The van der Waals surface area contributed by atoms with Crippen molar-refractivity contribution in [2.75, 3.05) is 0 Å². The Morgan fingerprint density at radius 3 is 2.23 bits per heavy atom. The molecule has 0 spiro atoms. The smallest absolute Gasteiger partial charge is 0.101 e. The Morgan fingerprint density at radius 1 is 0.727 bits per heavy atom. The average Bonchev–Trinajstić information content (AvgIpc) is 2.62. The van der Waals surface area contributed by atoms with Crippen molar-refractivity contribution < 1.29 is 0 Å². The molecule has 0 N–H and O–H groups in total. The van der Waals surface area contributed by atoms with Crippen LogP contribution in [-0.2, 0) is 0 Å². The van der Waals surface area contributed by atoms with E-state index in [1.807, 2.05) is 54.6 Å². The number of rotatable bonds is 2. The van der Waals surface area contributed by atoms with Crippen molar-refractivity contribution in [2.24, 2.45) is 0 Å². The Morgan fingerprint density at radius 2 is 1.50 bits per heavy atom. The predicted octanol–water partition coefficient (Wildman–Crippen LogP) is 4.16. The van der Waals surface area contributed by atoms with Crippen LogP contribution in [0.15, 0.2) is 66.9 Å². The Bertz CT molecular complexity index is 900. The van der Waals surface area contributed by atoms with E-state index in [0.29, 0.717) is 11.1 Å². The summed E-state index contributed by atoms with van der Waals surface area (Å²) >= 11 is 0. The summed E-state index contributed by atoms with van der Waals surface area (Å²) in [5.74, 6) is 0. The zero-order valence-corrected chi connectivity index (χ0v) is 11.7. The van der Waals surface area contributed by atoms with Crippen molar-refractivity contribution >= 4 is 0 Å². The Hall–Kier alpha value is -3.43. The van der Waals surface area contributed by atoms with Crippen molar-refractivity contribution in [1.29, 1.82) is 10.5 Å². The molecule has 2 aromatic carbocycles. The Balaban J connectivity index is 2.19. The molecule has 0 amide bonds. The van der Waals surface area contributed by atoms with Gasteiger partial charge in [0.25, 0.3) is 0 Å². The van der Waals surface area contributed by atoms with Crippen molar-refractivity contribution in [3.05, 3.63) is 78.0 Å². The number of nitriles is 2. The van der Waals surface area contributed by atoms with Gasteiger partial charge in [-0.3, -0.25) is 4.98 Å². The lowest BCUT2D eigenvalue weighted by atomic mass is 9.97. The van der Waals surface area contributed by atoms with Gasteiger partial charge in [-0.1, -0.05) is 42.5 Å². The number of hydrogen-bond donors (Lipinski definition) is 0. The van der Waals surface area contributed by atoms with Crippen LogP contribution in [0.1, 0.15) is 11.1 Å². The van der Waals surface area contributed by atoms with Crippen LogP contribution in [0.5, 0.6) is 0 Å². The minimum atomic E-state index is 0.365. The van der Waals surface area contributed by atoms with Gasteiger partial charge in [0.1, 0.15) is 12.1 Å². The molecule has 3 rings (SSSR count). The van der Waals surface area contributed by atoms with Crippen molar-refractivity contribution in [1.82, 2.24) is 4.98 Å². The van der Waals surface area contributed by atoms with E-state index in [9.17, 15) is 5.26 Å². The second-order valence-electron chi connectivity index (χ2n) is 4.75. The monoisotopic (exact) mass is 281 g/mol. The Labute approximate surface area is 128 Å². The van der Waals surface area contributed by atoms with Crippen LogP contribution in [0.4, 0.5) is 0 Å². The van der Waals surface area contributed by atoms with Crippen LogP contribution < -0.4 is 0 Å². The van der Waals surface area contributed by atoms with E-state index in [-0.39, 0.29) is 0 Å². The first-order valence-electron chi connectivity index (χ1n) is 6.78. The Kier molecular flexibility index (Phi) is 3.64. The summed E-state index contributed by atoms with van der Waals surface area (Å²) in [6.07, 6.45) is 1.73. The maximum Gasteiger partial charge on any atom is 0.101 e. The SMILES string of the molecule is N#Cc1ccc(-c2ncccc2-c2ccccc2)cc1C#N. The number of benzene rings is 2. The molecule has 0 atom stereocenters. The van der Waals surface area contributed by atoms with E-state index >= 15 is 0 Å². The van der Waals surface area contributed by atoms with Crippen LogP contribution in [0, 0.1) is 22.7 Å². The maximum absolute atomic E-state index is 9.19. The molecular formula is C19H11N3. The lowest BCUT2D eigenvalue weighted by Crippen LogP contribution is -1.91. The molecule has 0 aliphatic heterocycles.